The van der Waals surface area contributed by atoms with Crippen LogP contribution in [-0.2, 0) is 0 Å². The van der Waals surface area contributed by atoms with Gasteiger partial charge >= 0.3 is 0 Å². The van der Waals surface area contributed by atoms with Crippen molar-refractivity contribution in [3.63, 3.8) is 0 Å². The van der Waals surface area contributed by atoms with E-state index < -0.39 is 0 Å². The smallest absolute Gasteiger partial charge is 0.255 e. The number of nitrogens with one attached hydrogen (secondary N) is 1. The lowest BCUT2D eigenvalue weighted by Gasteiger charge is -2.16. The summed E-state index contributed by atoms with van der Waals surface area (Å²) < 4.78 is 4.64. The van der Waals surface area contributed by atoms with Crippen LogP contribution in [0.5, 0.6) is 0 Å². The number of imidazole rings is 1. The Balaban J connectivity index is 1.95. The first-order valence-corrected chi connectivity index (χ1v) is 16.1. The first kappa shape index (κ1) is 31.6. The molecule has 0 radical (unpaired) electrons. The molecule has 4 aromatic rings. The lowest BCUT2D eigenvalue weighted by atomic mass is 9.94. The summed E-state index contributed by atoms with van der Waals surface area (Å²) in [6.45, 7) is 27.4. The molecule has 0 fully saturated rings. The van der Waals surface area contributed by atoms with Crippen molar-refractivity contribution < 1.29 is 4.57 Å². The van der Waals surface area contributed by atoms with Gasteiger partial charge in [0.1, 0.15) is 11.4 Å². The van der Waals surface area contributed by atoms with Crippen molar-refractivity contribution in [3.8, 4) is 11.4 Å². The quantitative estimate of drug-likeness (QED) is 0.190. The molecule has 1 aromatic heterocycles. The van der Waals surface area contributed by atoms with Gasteiger partial charge < -0.3 is 5.32 Å². The van der Waals surface area contributed by atoms with Crippen LogP contribution in [0.15, 0.2) is 67.1 Å². The third-order valence-corrected chi connectivity index (χ3v) is 8.51. The van der Waals surface area contributed by atoms with E-state index in [1.807, 2.05) is 0 Å². The molecule has 4 rings (SSSR count). The van der Waals surface area contributed by atoms with E-state index in [4.69, 9.17) is 0 Å². The average molecular weight is 565 g/mol. The van der Waals surface area contributed by atoms with Gasteiger partial charge in [0, 0.05) is 5.69 Å². The molecular formula is C39H54N3+. The van der Waals surface area contributed by atoms with E-state index in [0.717, 1.165) is 11.5 Å². The number of hydrogen-bond acceptors (Lipinski definition) is 1. The van der Waals surface area contributed by atoms with E-state index >= 15 is 0 Å². The van der Waals surface area contributed by atoms with Crippen LogP contribution < -0.4 is 9.88 Å². The van der Waals surface area contributed by atoms with E-state index in [-0.39, 0.29) is 0 Å². The maximum atomic E-state index is 3.87. The predicted molar refractivity (Wildman–Crippen MR) is 182 cm³/mol. The van der Waals surface area contributed by atoms with E-state index in [1.54, 1.807) is 0 Å². The van der Waals surface area contributed by atoms with Gasteiger partial charge in [-0.2, -0.15) is 9.13 Å². The van der Waals surface area contributed by atoms with E-state index in [2.05, 4.69) is 165 Å². The standard InChI is InChI=1S/C39H54N3/c1-24(2)30-13-31(25(3)4)17-36(16-30)40-39-22-41(37-18-32(26(5)6)14-33(19-37)27(7)8)23-42(39)38-20-34(28(9)10)15-35(21-38)29(11)12/h13-29,40H,1-12H3/q+1. The minimum Gasteiger partial charge on any atom is -0.319 e. The highest BCUT2D eigenvalue weighted by Gasteiger charge is 2.22. The van der Waals surface area contributed by atoms with E-state index in [9.17, 15) is 0 Å². The number of benzene rings is 3. The van der Waals surface area contributed by atoms with Crippen molar-refractivity contribution in [3.05, 3.63) is 101 Å². The fourth-order valence-electron chi connectivity index (χ4n) is 5.36. The molecule has 0 amide bonds. The molecule has 0 atom stereocenters. The lowest BCUT2D eigenvalue weighted by molar-refractivity contribution is -0.594. The van der Waals surface area contributed by atoms with E-state index in [0.29, 0.717) is 35.5 Å². The zero-order valence-electron chi connectivity index (χ0n) is 28.2. The normalized spacial score (nSPS) is 12.1. The zero-order chi connectivity index (χ0) is 30.9. The summed E-state index contributed by atoms with van der Waals surface area (Å²) in [7, 11) is 0. The van der Waals surface area contributed by atoms with Crippen molar-refractivity contribution in [1.29, 1.82) is 0 Å². The van der Waals surface area contributed by atoms with Crippen molar-refractivity contribution in [1.82, 2.24) is 4.57 Å². The van der Waals surface area contributed by atoms with Crippen LogP contribution in [-0.4, -0.2) is 4.57 Å². The number of rotatable bonds is 10. The Kier molecular flexibility index (Phi) is 9.70. The molecule has 0 unspecified atom stereocenters. The fraction of sp³-hybridized carbons (Fsp3) is 0.462. The second-order valence-electron chi connectivity index (χ2n) is 14.1. The minimum absolute atomic E-state index is 0.453. The second kappa shape index (κ2) is 12.9. The molecule has 0 bridgehead atoms. The van der Waals surface area contributed by atoms with E-state index in [1.165, 1.54) is 44.8 Å². The largest absolute Gasteiger partial charge is 0.319 e. The summed E-state index contributed by atoms with van der Waals surface area (Å²) in [5.74, 6) is 3.82. The van der Waals surface area contributed by atoms with Crippen molar-refractivity contribution in [2.24, 2.45) is 0 Å². The molecule has 3 heteroatoms. The summed E-state index contributed by atoms with van der Waals surface area (Å²) in [5, 5.41) is 3.87. The molecule has 42 heavy (non-hydrogen) atoms. The molecule has 3 nitrogen and oxygen atoms in total. The van der Waals surface area contributed by atoms with Gasteiger partial charge in [0.25, 0.3) is 6.33 Å². The van der Waals surface area contributed by atoms with Gasteiger partial charge in [0.05, 0.1) is 0 Å². The third kappa shape index (κ3) is 7.17. The Bertz CT molecular complexity index is 1440. The lowest BCUT2D eigenvalue weighted by Crippen LogP contribution is -2.28. The monoisotopic (exact) mass is 564 g/mol. The Morgan fingerprint density at radius 1 is 0.476 bits per heavy atom. The van der Waals surface area contributed by atoms with Gasteiger partial charge in [-0.05, 0) is 105 Å². The van der Waals surface area contributed by atoms with Crippen LogP contribution in [0.4, 0.5) is 11.5 Å². The number of hydrogen-bond donors (Lipinski definition) is 1. The highest BCUT2D eigenvalue weighted by atomic mass is 15.2. The Morgan fingerprint density at radius 2 is 0.833 bits per heavy atom. The highest BCUT2D eigenvalue weighted by molar-refractivity contribution is 5.61. The second-order valence-corrected chi connectivity index (χ2v) is 14.1. The van der Waals surface area contributed by atoms with Gasteiger partial charge in [-0.25, -0.2) is 0 Å². The maximum absolute atomic E-state index is 3.87. The average Bonchev–Trinajstić information content (AvgIpc) is 3.35. The SMILES string of the molecule is CC(C)c1cc(Nc2c[n+](-c3cc(C(C)C)cc(C(C)C)c3)cn2-c2cc(C(C)C)cc(C(C)C)c2)cc(C(C)C)c1. The van der Waals surface area contributed by atoms with Crippen LogP contribution in [0.3, 0.4) is 0 Å². The van der Waals surface area contributed by atoms with Crippen molar-refractivity contribution in [2.75, 3.05) is 5.32 Å². The molecule has 0 spiro atoms. The number of anilines is 2. The molecule has 0 saturated carbocycles. The molecule has 1 heterocycles. The maximum Gasteiger partial charge on any atom is 0.255 e. The highest BCUT2D eigenvalue weighted by Crippen LogP contribution is 2.31. The van der Waals surface area contributed by atoms with Crippen LogP contribution in [0.1, 0.15) is 152 Å². The van der Waals surface area contributed by atoms with Gasteiger partial charge in [-0.15, -0.1) is 0 Å². The Labute approximate surface area is 256 Å². The Hall–Kier alpha value is -3.33. The minimum atomic E-state index is 0.453. The first-order valence-electron chi connectivity index (χ1n) is 16.1. The molecule has 0 aliphatic rings. The predicted octanol–water partition coefficient (Wildman–Crippen LogP) is 11.2. The summed E-state index contributed by atoms with van der Waals surface area (Å²) in [6, 6.07) is 21.2. The van der Waals surface area contributed by atoms with Gasteiger partial charge in [-0.1, -0.05) is 101 Å². The van der Waals surface area contributed by atoms with Gasteiger partial charge in [-0.3, -0.25) is 0 Å². The molecule has 0 aliphatic heterocycles. The molecule has 0 aliphatic carbocycles. The molecule has 1 N–H and O–H groups in total. The van der Waals surface area contributed by atoms with Crippen LogP contribution in [0, 0.1) is 0 Å². The summed E-state index contributed by atoms with van der Waals surface area (Å²) in [4.78, 5) is 0. The van der Waals surface area contributed by atoms with Gasteiger partial charge in [0.15, 0.2) is 6.20 Å². The molecular weight excluding hydrogens is 510 g/mol. The van der Waals surface area contributed by atoms with Crippen molar-refractivity contribution >= 4 is 11.5 Å². The van der Waals surface area contributed by atoms with Crippen molar-refractivity contribution in [2.45, 2.75) is 119 Å². The Morgan fingerprint density at radius 3 is 1.21 bits per heavy atom. The topological polar surface area (TPSA) is 20.8 Å². The molecule has 224 valence electrons. The summed E-state index contributed by atoms with van der Waals surface area (Å²) >= 11 is 0. The summed E-state index contributed by atoms with van der Waals surface area (Å²) in [5.41, 5.74) is 11.8. The zero-order valence-corrected chi connectivity index (χ0v) is 28.2. The van der Waals surface area contributed by atoms with Crippen LogP contribution in [0.25, 0.3) is 11.4 Å². The number of nitrogens with zero attached hydrogens (tertiary/aromatic N) is 2. The fourth-order valence-corrected chi connectivity index (χ4v) is 5.36. The third-order valence-electron chi connectivity index (χ3n) is 8.51. The first-order chi connectivity index (χ1) is 19.7. The molecule has 0 saturated heterocycles. The van der Waals surface area contributed by atoms with Crippen LogP contribution >= 0.6 is 0 Å². The number of aromatic nitrogens is 2. The van der Waals surface area contributed by atoms with Gasteiger partial charge in [0.2, 0.25) is 5.82 Å². The molecule has 3 aromatic carbocycles. The van der Waals surface area contributed by atoms with Crippen LogP contribution in [0.2, 0.25) is 0 Å². The summed E-state index contributed by atoms with van der Waals surface area (Å²) in [6.07, 6.45) is 4.52.